The Labute approximate surface area is 121 Å². The summed E-state index contributed by atoms with van der Waals surface area (Å²) < 4.78 is 13.3. The highest BCUT2D eigenvalue weighted by Crippen LogP contribution is 2.47. The van der Waals surface area contributed by atoms with Crippen molar-refractivity contribution in [1.82, 2.24) is 5.32 Å². The van der Waals surface area contributed by atoms with Gasteiger partial charge in [-0.15, -0.1) is 0 Å². The van der Waals surface area contributed by atoms with Crippen LogP contribution in [0.25, 0.3) is 0 Å². The van der Waals surface area contributed by atoms with E-state index in [1.54, 1.807) is 23.9 Å². The number of aliphatic hydroxyl groups is 1. The number of rotatable bonds is 4. The lowest BCUT2D eigenvalue weighted by Gasteiger charge is -2.23. The van der Waals surface area contributed by atoms with Crippen molar-refractivity contribution in [2.45, 2.75) is 30.3 Å². The predicted molar refractivity (Wildman–Crippen MR) is 77.2 cm³/mol. The van der Waals surface area contributed by atoms with Crippen molar-refractivity contribution >= 4 is 17.7 Å². The number of hydrogen-bond acceptors (Lipinski definition) is 3. The Hall–Kier alpha value is -1.07. The van der Waals surface area contributed by atoms with E-state index in [1.807, 2.05) is 6.07 Å². The minimum absolute atomic E-state index is 0.139. The number of carbonyl (C=O) groups is 1. The summed E-state index contributed by atoms with van der Waals surface area (Å²) in [5.74, 6) is 0.751. The van der Waals surface area contributed by atoms with Gasteiger partial charge in [0.15, 0.2) is 5.60 Å². The number of nitrogens with one attached hydrogen (secondary N) is 1. The Morgan fingerprint density at radius 2 is 2.20 bits per heavy atom. The molecule has 0 bridgehead atoms. The van der Waals surface area contributed by atoms with Crippen LogP contribution in [0.2, 0.25) is 0 Å². The zero-order valence-corrected chi connectivity index (χ0v) is 12.0. The van der Waals surface area contributed by atoms with E-state index in [1.165, 1.54) is 6.07 Å². The molecular weight excluding hydrogens is 277 g/mol. The standard InChI is InChI=1S/C15H18FNO2S/c16-12-3-1-2-11(8-12)14(4-5-14)9-17-13(18)15(19)6-7-20-10-15/h1-3,8,19H,4-7,9-10H2,(H,17,18). The first-order valence-corrected chi connectivity index (χ1v) is 8.04. The van der Waals surface area contributed by atoms with Crippen molar-refractivity contribution in [2.24, 2.45) is 0 Å². The molecule has 1 saturated heterocycles. The van der Waals surface area contributed by atoms with E-state index in [4.69, 9.17) is 0 Å². The van der Waals surface area contributed by atoms with Gasteiger partial charge < -0.3 is 10.4 Å². The number of amides is 1. The third-order valence-corrected chi connectivity index (χ3v) is 5.48. The van der Waals surface area contributed by atoms with Gasteiger partial charge in [-0.25, -0.2) is 4.39 Å². The molecule has 0 spiro atoms. The van der Waals surface area contributed by atoms with Gasteiger partial charge in [0, 0.05) is 17.7 Å². The summed E-state index contributed by atoms with van der Waals surface area (Å²) in [4.78, 5) is 12.1. The minimum atomic E-state index is -1.22. The maximum atomic E-state index is 13.3. The summed E-state index contributed by atoms with van der Waals surface area (Å²) in [5.41, 5.74) is -0.423. The molecule has 5 heteroatoms. The van der Waals surface area contributed by atoms with E-state index in [-0.39, 0.29) is 17.1 Å². The van der Waals surface area contributed by atoms with Crippen LogP contribution in [0.5, 0.6) is 0 Å². The van der Waals surface area contributed by atoms with Gasteiger partial charge in [-0.3, -0.25) is 4.79 Å². The Morgan fingerprint density at radius 1 is 1.40 bits per heavy atom. The molecule has 1 aromatic carbocycles. The van der Waals surface area contributed by atoms with E-state index in [0.717, 1.165) is 24.2 Å². The number of carbonyl (C=O) groups excluding carboxylic acids is 1. The van der Waals surface area contributed by atoms with E-state index in [9.17, 15) is 14.3 Å². The second-order valence-electron chi connectivity index (χ2n) is 5.81. The zero-order chi connectivity index (χ0) is 14.2. The van der Waals surface area contributed by atoms with Crippen LogP contribution in [-0.2, 0) is 10.2 Å². The lowest BCUT2D eigenvalue weighted by molar-refractivity contribution is -0.137. The highest BCUT2D eigenvalue weighted by Gasteiger charge is 2.46. The van der Waals surface area contributed by atoms with Gasteiger partial charge in [0.2, 0.25) is 0 Å². The Balaban J connectivity index is 1.65. The van der Waals surface area contributed by atoms with E-state index in [0.29, 0.717) is 18.7 Å². The molecule has 1 saturated carbocycles. The van der Waals surface area contributed by atoms with Crippen LogP contribution in [0, 0.1) is 5.82 Å². The van der Waals surface area contributed by atoms with Crippen LogP contribution < -0.4 is 5.32 Å². The molecule has 0 aromatic heterocycles. The number of halogens is 1. The molecule has 1 atom stereocenters. The molecule has 2 fully saturated rings. The third-order valence-electron chi connectivity index (χ3n) is 4.30. The first-order chi connectivity index (χ1) is 9.54. The molecule has 1 amide bonds. The van der Waals surface area contributed by atoms with Crippen LogP contribution in [0.3, 0.4) is 0 Å². The van der Waals surface area contributed by atoms with Gasteiger partial charge >= 0.3 is 0 Å². The summed E-state index contributed by atoms with van der Waals surface area (Å²) in [7, 11) is 0. The van der Waals surface area contributed by atoms with Crippen molar-refractivity contribution in [3.05, 3.63) is 35.6 Å². The lowest BCUT2D eigenvalue weighted by atomic mass is 9.95. The van der Waals surface area contributed by atoms with Crippen LogP contribution in [-0.4, -0.2) is 34.7 Å². The second-order valence-corrected chi connectivity index (χ2v) is 6.91. The summed E-state index contributed by atoms with van der Waals surface area (Å²) in [5, 5.41) is 13.1. The van der Waals surface area contributed by atoms with Gasteiger partial charge in [-0.05, 0) is 42.7 Å². The van der Waals surface area contributed by atoms with Gasteiger partial charge in [0.25, 0.3) is 5.91 Å². The monoisotopic (exact) mass is 295 g/mol. The highest BCUT2D eigenvalue weighted by atomic mass is 32.2. The van der Waals surface area contributed by atoms with E-state index < -0.39 is 5.60 Å². The number of thioether (sulfide) groups is 1. The van der Waals surface area contributed by atoms with Crippen molar-refractivity contribution < 1.29 is 14.3 Å². The fraction of sp³-hybridized carbons (Fsp3) is 0.533. The van der Waals surface area contributed by atoms with Crippen molar-refractivity contribution in [1.29, 1.82) is 0 Å². The molecule has 3 rings (SSSR count). The molecule has 1 aliphatic heterocycles. The smallest absolute Gasteiger partial charge is 0.252 e. The highest BCUT2D eigenvalue weighted by molar-refractivity contribution is 7.99. The quantitative estimate of drug-likeness (QED) is 0.891. The molecular formula is C15H18FNO2S. The minimum Gasteiger partial charge on any atom is -0.379 e. The van der Waals surface area contributed by atoms with E-state index >= 15 is 0 Å². The topological polar surface area (TPSA) is 49.3 Å². The molecule has 2 aliphatic rings. The fourth-order valence-electron chi connectivity index (χ4n) is 2.68. The molecule has 1 aliphatic carbocycles. The van der Waals surface area contributed by atoms with E-state index in [2.05, 4.69) is 5.32 Å². The van der Waals surface area contributed by atoms with Crippen molar-refractivity contribution in [3.8, 4) is 0 Å². The largest absolute Gasteiger partial charge is 0.379 e. The predicted octanol–water partition coefficient (Wildman–Crippen LogP) is 1.84. The first-order valence-electron chi connectivity index (χ1n) is 6.89. The average Bonchev–Trinajstić information content (AvgIpc) is 3.11. The second kappa shape index (κ2) is 5.04. The van der Waals surface area contributed by atoms with Gasteiger partial charge in [-0.2, -0.15) is 11.8 Å². The lowest BCUT2D eigenvalue weighted by Crippen LogP contribution is -2.48. The van der Waals surface area contributed by atoms with Crippen LogP contribution in [0.4, 0.5) is 4.39 Å². The van der Waals surface area contributed by atoms with Gasteiger partial charge in [0.1, 0.15) is 5.82 Å². The maximum absolute atomic E-state index is 13.3. The zero-order valence-electron chi connectivity index (χ0n) is 11.2. The summed E-state index contributed by atoms with van der Waals surface area (Å²) in [6, 6.07) is 6.58. The Kier molecular flexibility index (Phi) is 3.50. The Bertz CT molecular complexity index is 524. The molecule has 1 unspecified atom stereocenters. The van der Waals surface area contributed by atoms with Crippen LogP contribution >= 0.6 is 11.8 Å². The van der Waals surface area contributed by atoms with Crippen LogP contribution in [0.1, 0.15) is 24.8 Å². The number of hydrogen-bond donors (Lipinski definition) is 2. The molecule has 0 radical (unpaired) electrons. The van der Waals surface area contributed by atoms with Gasteiger partial charge in [0.05, 0.1) is 0 Å². The number of benzene rings is 1. The fourth-order valence-corrected chi connectivity index (χ4v) is 3.92. The molecule has 1 aromatic rings. The average molecular weight is 295 g/mol. The first kappa shape index (κ1) is 13.9. The summed E-state index contributed by atoms with van der Waals surface area (Å²) >= 11 is 1.60. The van der Waals surface area contributed by atoms with Crippen LogP contribution in [0.15, 0.2) is 24.3 Å². The SMILES string of the molecule is O=C(NCC1(c2cccc(F)c2)CC1)C1(O)CCSC1. The maximum Gasteiger partial charge on any atom is 0.252 e. The molecule has 2 N–H and O–H groups in total. The van der Waals surface area contributed by atoms with Gasteiger partial charge in [-0.1, -0.05) is 12.1 Å². The molecule has 3 nitrogen and oxygen atoms in total. The molecule has 108 valence electrons. The van der Waals surface area contributed by atoms with Crippen molar-refractivity contribution in [2.75, 3.05) is 18.1 Å². The summed E-state index contributed by atoms with van der Waals surface area (Å²) in [6.45, 7) is 0.474. The molecule has 20 heavy (non-hydrogen) atoms. The third kappa shape index (κ3) is 2.56. The molecule has 1 heterocycles. The normalized spacial score (nSPS) is 27.3. The Morgan fingerprint density at radius 3 is 2.80 bits per heavy atom. The van der Waals surface area contributed by atoms with Crippen molar-refractivity contribution in [3.63, 3.8) is 0 Å². The summed E-state index contributed by atoms with van der Waals surface area (Å²) in [6.07, 6.45) is 2.41.